The zero-order valence-electron chi connectivity index (χ0n) is 18.2. The van der Waals surface area contributed by atoms with Crippen molar-refractivity contribution in [3.63, 3.8) is 0 Å². The van der Waals surface area contributed by atoms with E-state index in [-0.39, 0.29) is 17.6 Å². The highest BCUT2D eigenvalue weighted by Crippen LogP contribution is 2.41. The van der Waals surface area contributed by atoms with Gasteiger partial charge in [-0.25, -0.2) is 9.98 Å². The molecule has 0 saturated carbocycles. The fourth-order valence-corrected chi connectivity index (χ4v) is 4.08. The lowest BCUT2D eigenvalue weighted by atomic mass is 9.83. The molecule has 3 heterocycles. The van der Waals surface area contributed by atoms with Crippen LogP contribution in [0.25, 0.3) is 11.1 Å². The Kier molecular flexibility index (Phi) is 5.38. The molecule has 4 rings (SSSR count). The number of amides is 1. The van der Waals surface area contributed by atoms with Gasteiger partial charge in [0.05, 0.1) is 5.69 Å². The van der Waals surface area contributed by atoms with Crippen LogP contribution in [0, 0.1) is 5.95 Å². The van der Waals surface area contributed by atoms with E-state index in [0.29, 0.717) is 40.9 Å². The van der Waals surface area contributed by atoms with Gasteiger partial charge in [0.2, 0.25) is 5.95 Å². The fourth-order valence-electron chi connectivity index (χ4n) is 4.08. The lowest BCUT2D eigenvalue weighted by Crippen LogP contribution is -2.41. The molecular formula is C24H24FN5O2. The maximum absolute atomic E-state index is 14.4. The molecule has 0 unspecified atom stereocenters. The molecule has 1 amide bonds. The molecule has 2 N–H and O–H groups in total. The summed E-state index contributed by atoms with van der Waals surface area (Å²) in [7, 11) is 1.56. The topological polar surface area (TPSA) is 93.6 Å². The van der Waals surface area contributed by atoms with Gasteiger partial charge in [-0.05, 0) is 42.3 Å². The van der Waals surface area contributed by atoms with Crippen LogP contribution in [0.15, 0.2) is 59.9 Å². The molecular weight excluding hydrogens is 409 g/mol. The third kappa shape index (κ3) is 3.19. The minimum Gasteiger partial charge on any atom is -0.369 e. The average molecular weight is 433 g/mol. The Morgan fingerprint density at radius 3 is 2.56 bits per heavy atom. The zero-order valence-corrected chi connectivity index (χ0v) is 18.2. The summed E-state index contributed by atoms with van der Waals surface area (Å²) in [6.45, 7) is 4.28. The normalized spacial score (nSPS) is 18.2. The molecule has 0 saturated heterocycles. The average Bonchev–Trinajstić information content (AvgIpc) is 3.34. The van der Waals surface area contributed by atoms with Crippen molar-refractivity contribution in [2.24, 2.45) is 10.7 Å². The number of guanidine groups is 1. The number of likely N-dealkylation sites (N-methyl/N-ethyl adjacent to an activating group) is 1. The SMILES string of the molecule is CCC(=O)c1cc([C@]2(c3cccc(-c4cccnc4F)c3)N=C(N)N(C)C2=O)cn1CC. The number of carbonyl (C=O) groups is 2. The second-order valence-electron chi connectivity index (χ2n) is 7.64. The Balaban J connectivity index is 1.96. The van der Waals surface area contributed by atoms with Crippen LogP contribution in [0.4, 0.5) is 4.39 Å². The molecule has 164 valence electrons. The summed E-state index contributed by atoms with van der Waals surface area (Å²) in [5, 5.41) is 0. The highest BCUT2D eigenvalue weighted by atomic mass is 19.1. The maximum Gasteiger partial charge on any atom is 0.266 e. The Labute approximate surface area is 185 Å². The number of ketones is 1. The van der Waals surface area contributed by atoms with E-state index < -0.39 is 11.5 Å². The Hall–Kier alpha value is -3.81. The van der Waals surface area contributed by atoms with Crippen molar-refractivity contribution in [2.75, 3.05) is 7.05 Å². The fraction of sp³-hybridized carbons (Fsp3) is 0.250. The van der Waals surface area contributed by atoms with E-state index >= 15 is 0 Å². The van der Waals surface area contributed by atoms with Crippen LogP contribution in [0.5, 0.6) is 0 Å². The molecule has 1 aromatic carbocycles. The van der Waals surface area contributed by atoms with Gasteiger partial charge < -0.3 is 10.3 Å². The van der Waals surface area contributed by atoms with Crippen molar-refractivity contribution in [1.82, 2.24) is 14.5 Å². The van der Waals surface area contributed by atoms with E-state index in [2.05, 4.69) is 9.98 Å². The summed E-state index contributed by atoms with van der Waals surface area (Å²) < 4.78 is 16.2. The molecule has 1 atom stereocenters. The molecule has 8 heteroatoms. The number of hydrogen-bond donors (Lipinski definition) is 1. The highest BCUT2D eigenvalue weighted by Gasteiger charge is 2.50. The van der Waals surface area contributed by atoms with E-state index in [0.717, 1.165) is 0 Å². The zero-order chi connectivity index (χ0) is 23.0. The molecule has 32 heavy (non-hydrogen) atoms. The van der Waals surface area contributed by atoms with E-state index in [9.17, 15) is 14.0 Å². The summed E-state index contributed by atoms with van der Waals surface area (Å²) >= 11 is 0. The number of benzene rings is 1. The number of carbonyl (C=O) groups excluding carboxylic acids is 2. The first-order chi connectivity index (χ1) is 15.3. The largest absolute Gasteiger partial charge is 0.369 e. The third-order valence-electron chi connectivity index (χ3n) is 5.85. The number of Topliss-reactive ketones (excluding diaryl/α,β-unsaturated/α-hetero) is 1. The summed E-state index contributed by atoms with van der Waals surface area (Å²) in [6.07, 6.45) is 3.49. The van der Waals surface area contributed by atoms with Gasteiger partial charge in [-0.3, -0.25) is 14.5 Å². The molecule has 1 aliphatic heterocycles. The van der Waals surface area contributed by atoms with Crippen LogP contribution in [-0.2, 0) is 16.9 Å². The van der Waals surface area contributed by atoms with Crippen LogP contribution in [0.3, 0.4) is 0 Å². The quantitative estimate of drug-likeness (QED) is 0.477. The van der Waals surface area contributed by atoms with Crippen LogP contribution < -0.4 is 5.73 Å². The van der Waals surface area contributed by atoms with Gasteiger partial charge in [0.1, 0.15) is 0 Å². The van der Waals surface area contributed by atoms with E-state index in [1.807, 2.05) is 11.5 Å². The van der Waals surface area contributed by atoms with Gasteiger partial charge >= 0.3 is 0 Å². The van der Waals surface area contributed by atoms with Crippen molar-refractivity contribution in [3.05, 3.63) is 77.6 Å². The van der Waals surface area contributed by atoms with Crippen molar-refractivity contribution >= 4 is 17.6 Å². The van der Waals surface area contributed by atoms with Crippen LogP contribution >= 0.6 is 0 Å². The Morgan fingerprint density at radius 1 is 1.16 bits per heavy atom. The molecule has 7 nitrogen and oxygen atoms in total. The van der Waals surface area contributed by atoms with Gasteiger partial charge in [-0.2, -0.15) is 4.39 Å². The van der Waals surface area contributed by atoms with E-state index in [1.54, 1.807) is 62.6 Å². The maximum atomic E-state index is 14.4. The molecule has 3 aromatic rings. The van der Waals surface area contributed by atoms with Gasteiger partial charge in [-0.1, -0.05) is 25.1 Å². The van der Waals surface area contributed by atoms with Crippen molar-refractivity contribution in [2.45, 2.75) is 32.4 Å². The highest BCUT2D eigenvalue weighted by molar-refractivity contribution is 6.09. The first-order valence-electron chi connectivity index (χ1n) is 10.4. The molecule has 0 aliphatic carbocycles. The summed E-state index contributed by atoms with van der Waals surface area (Å²) in [5.41, 5.74) is 7.04. The number of aliphatic imine (C=N–C) groups is 1. The standard InChI is InChI=1S/C24H24FN5O2/c1-4-20(31)19-13-17(14-30(19)5-2)24(22(32)29(3)23(26)28-24)16-9-6-8-15(12-16)18-10-7-11-27-21(18)25/h6-14H,4-5H2,1-3H3,(H2,26,28)/t24-/m0/s1. The molecule has 2 aromatic heterocycles. The van der Waals surface area contributed by atoms with Crippen molar-refractivity contribution in [1.29, 1.82) is 0 Å². The lowest BCUT2D eigenvalue weighted by Gasteiger charge is -2.25. The van der Waals surface area contributed by atoms with E-state index in [4.69, 9.17) is 5.73 Å². The Bertz CT molecular complexity index is 1250. The minimum absolute atomic E-state index is 0.0322. The number of pyridine rings is 1. The molecule has 0 radical (unpaired) electrons. The van der Waals surface area contributed by atoms with Crippen LogP contribution in [0.1, 0.15) is 41.9 Å². The smallest absolute Gasteiger partial charge is 0.266 e. The minimum atomic E-state index is -1.48. The number of aromatic nitrogens is 2. The van der Waals surface area contributed by atoms with E-state index in [1.165, 1.54) is 11.1 Å². The van der Waals surface area contributed by atoms with Gasteiger partial charge in [0.25, 0.3) is 5.91 Å². The number of nitrogens with zero attached hydrogens (tertiary/aromatic N) is 4. The predicted molar refractivity (Wildman–Crippen MR) is 120 cm³/mol. The number of nitrogens with two attached hydrogens (primary N) is 1. The second kappa shape index (κ2) is 8.03. The lowest BCUT2D eigenvalue weighted by molar-refractivity contribution is -0.129. The first-order valence-corrected chi connectivity index (χ1v) is 10.4. The van der Waals surface area contributed by atoms with Gasteiger partial charge in [0, 0.05) is 43.5 Å². The summed E-state index contributed by atoms with van der Waals surface area (Å²) in [6, 6.07) is 12.0. The number of rotatable bonds is 6. The molecule has 0 spiro atoms. The number of hydrogen-bond acceptors (Lipinski definition) is 5. The first kappa shape index (κ1) is 21.4. The number of aryl methyl sites for hydroxylation is 1. The van der Waals surface area contributed by atoms with Gasteiger partial charge in [-0.15, -0.1) is 0 Å². The number of halogens is 1. The van der Waals surface area contributed by atoms with Crippen LogP contribution in [-0.4, -0.2) is 39.1 Å². The summed E-state index contributed by atoms with van der Waals surface area (Å²) in [5.74, 6) is -0.914. The Morgan fingerprint density at radius 2 is 1.94 bits per heavy atom. The van der Waals surface area contributed by atoms with Gasteiger partial charge in [0.15, 0.2) is 17.3 Å². The predicted octanol–water partition coefficient (Wildman–Crippen LogP) is 3.33. The summed E-state index contributed by atoms with van der Waals surface area (Å²) in [4.78, 5) is 35.7. The van der Waals surface area contributed by atoms with Crippen molar-refractivity contribution < 1.29 is 14.0 Å². The third-order valence-corrected chi connectivity index (χ3v) is 5.85. The van der Waals surface area contributed by atoms with Crippen LogP contribution in [0.2, 0.25) is 0 Å². The monoisotopic (exact) mass is 433 g/mol. The molecule has 1 aliphatic rings. The second-order valence-corrected chi connectivity index (χ2v) is 7.64. The van der Waals surface area contributed by atoms with Crippen molar-refractivity contribution in [3.8, 4) is 11.1 Å². The molecule has 0 fully saturated rings. The molecule has 0 bridgehead atoms.